The van der Waals surface area contributed by atoms with Crippen LogP contribution < -0.4 is 5.32 Å². The number of aryl methyl sites for hydroxylation is 1. The second kappa shape index (κ2) is 10.6. The van der Waals surface area contributed by atoms with Crippen LogP contribution in [0, 0.1) is 13.8 Å². The third-order valence-corrected chi connectivity index (χ3v) is 5.56. The van der Waals surface area contributed by atoms with Gasteiger partial charge < -0.3 is 20.3 Å². The molecular formula is C25H25N3O7. The van der Waals surface area contributed by atoms with Crippen LogP contribution >= 0.6 is 0 Å². The quantitative estimate of drug-likeness (QED) is 0.397. The number of carbonyl (C=O) groups is 4. The predicted molar refractivity (Wildman–Crippen MR) is 126 cm³/mol. The van der Waals surface area contributed by atoms with E-state index in [4.69, 9.17) is 9.84 Å². The molecule has 0 spiro atoms. The number of carboxylic acids is 2. The molecule has 0 radical (unpaired) electrons. The summed E-state index contributed by atoms with van der Waals surface area (Å²) in [4.78, 5) is 46.7. The van der Waals surface area contributed by atoms with Gasteiger partial charge in [-0.2, -0.15) is 5.10 Å². The smallest absolute Gasteiger partial charge is 0.335 e. The van der Waals surface area contributed by atoms with Crippen LogP contribution in [0.5, 0.6) is 0 Å². The predicted octanol–water partition coefficient (Wildman–Crippen LogP) is 2.84. The molecule has 0 unspecified atom stereocenters. The summed E-state index contributed by atoms with van der Waals surface area (Å²) in [6.45, 7) is 4.17. The molecule has 0 aliphatic rings. The minimum absolute atomic E-state index is 0.0922. The van der Waals surface area contributed by atoms with E-state index in [-0.39, 0.29) is 23.5 Å². The average Bonchev–Trinajstić information content (AvgIpc) is 3.06. The van der Waals surface area contributed by atoms with Crippen molar-refractivity contribution < 1.29 is 34.1 Å². The van der Waals surface area contributed by atoms with Gasteiger partial charge in [0.05, 0.1) is 37.8 Å². The molecule has 0 saturated heterocycles. The zero-order valence-corrected chi connectivity index (χ0v) is 19.5. The summed E-state index contributed by atoms with van der Waals surface area (Å²) in [7, 11) is 1.34. The molecule has 10 heteroatoms. The van der Waals surface area contributed by atoms with Gasteiger partial charge in [0.1, 0.15) is 0 Å². The first kappa shape index (κ1) is 25.2. The van der Waals surface area contributed by atoms with Crippen LogP contribution in [0.4, 0.5) is 5.69 Å². The zero-order chi connectivity index (χ0) is 25.7. The summed E-state index contributed by atoms with van der Waals surface area (Å²) in [6, 6.07) is 10.9. The number of nitrogens with one attached hydrogen (secondary N) is 1. The molecule has 0 aliphatic carbocycles. The Kier molecular flexibility index (Phi) is 7.65. The van der Waals surface area contributed by atoms with E-state index in [2.05, 4.69) is 10.4 Å². The van der Waals surface area contributed by atoms with Crippen LogP contribution in [0.25, 0.3) is 0 Å². The molecule has 1 aromatic heterocycles. The van der Waals surface area contributed by atoms with Crippen molar-refractivity contribution in [2.75, 3.05) is 12.4 Å². The SMILES string of the molecule is COC(=O)Cc1c(C)nn(Cc2ccc(C(=O)Nc3ccc(C(=O)O)c(CC(=O)O)c3)cc2)c1C. The number of rotatable bonds is 9. The summed E-state index contributed by atoms with van der Waals surface area (Å²) < 4.78 is 6.53. The number of hydrogen-bond donors (Lipinski definition) is 3. The van der Waals surface area contributed by atoms with Gasteiger partial charge in [0.15, 0.2) is 0 Å². The van der Waals surface area contributed by atoms with Gasteiger partial charge in [0, 0.05) is 22.5 Å². The number of esters is 1. The van der Waals surface area contributed by atoms with Crippen molar-refractivity contribution in [3.63, 3.8) is 0 Å². The highest BCUT2D eigenvalue weighted by molar-refractivity contribution is 6.04. The van der Waals surface area contributed by atoms with Crippen LogP contribution in [-0.2, 0) is 33.7 Å². The van der Waals surface area contributed by atoms with Gasteiger partial charge in [-0.25, -0.2) is 4.79 Å². The van der Waals surface area contributed by atoms with Crippen molar-refractivity contribution in [2.24, 2.45) is 0 Å². The molecule has 3 N–H and O–H groups in total. The fourth-order valence-electron chi connectivity index (χ4n) is 3.69. The van der Waals surface area contributed by atoms with Crippen LogP contribution in [0.3, 0.4) is 0 Å². The van der Waals surface area contributed by atoms with Crippen molar-refractivity contribution in [1.82, 2.24) is 9.78 Å². The molecule has 35 heavy (non-hydrogen) atoms. The maximum atomic E-state index is 12.7. The van der Waals surface area contributed by atoms with E-state index in [9.17, 15) is 24.3 Å². The van der Waals surface area contributed by atoms with E-state index in [0.717, 1.165) is 22.5 Å². The Morgan fingerprint density at radius 2 is 1.69 bits per heavy atom. The molecule has 0 bridgehead atoms. The minimum atomic E-state index is -1.24. The van der Waals surface area contributed by atoms with E-state index in [1.807, 2.05) is 13.8 Å². The number of aromatic nitrogens is 2. The summed E-state index contributed by atoms with van der Waals surface area (Å²) in [5.74, 6) is -3.17. The maximum Gasteiger partial charge on any atom is 0.335 e. The van der Waals surface area contributed by atoms with Gasteiger partial charge in [-0.1, -0.05) is 12.1 Å². The van der Waals surface area contributed by atoms with E-state index in [0.29, 0.717) is 17.8 Å². The monoisotopic (exact) mass is 479 g/mol. The summed E-state index contributed by atoms with van der Waals surface area (Å²) in [5, 5.41) is 25.4. The molecule has 0 saturated carbocycles. The molecule has 182 valence electrons. The first-order valence-electron chi connectivity index (χ1n) is 10.7. The summed E-state index contributed by atoms with van der Waals surface area (Å²) >= 11 is 0. The molecule has 1 amide bonds. The molecule has 3 rings (SSSR count). The van der Waals surface area contributed by atoms with Gasteiger partial charge in [-0.15, -0.1) is 0 Å². The highest BCUT2D eigenvalue weighted by Crippen LogP contribution is 2.19. The Morgan fingerprint density at radius 3 is 2.29 bits per heavy atom. The van der Waals surface area contributed by atoms with Gasteiger partial charge in [-0.05, 0) is 55.3 Å². The lowest BCUT2D eigenvalue weighted by Crippen LogP contribution is -2.14. The second-order valence-electron chi connectivity index (χ2n) is 7.96. The number of amides is 1. The maximum absolute atomic E-state index is 12.7. The lowest BCUT2D eigenvalue weighted by atomic mass is 10.0. The largest absolute Gasteiger partial charge is 0.481 e. The van der Waals surface area contributed by atoms with Crippen molar-refractivity contribution in [3.05, 3.63) is 81.7 Å². The normalized spacial score (nSPS) is 10.6. The molecule has 0 aliphatic heterocycles. The number of carboxylic acid groups (broad SMARTS) is 2. The minimum Gasteiger partial charge on any atom is -0.481 e. The molecule has 2 aromatic carbocycles. The van der Waals surface area contributed by atoms with Crippen molar-refractivity contribution in [3.8, 4) is 0 Å². The Labute approximate surface area is 201 Å². The number of carbonyl (C=O) groups excluding carboxylic acids is 2. The molecule has 0 fully saturated rings. The van der Waals surface area contributed by atoms with E-state index in [1.165, 1.54) is 25.3 Å². The molecule has 1 heterocycles. The molecule has 3 aromatic rings. The first-order chi connectivity index (χ1) is 16.6. The van der Waals surface area contributed by atoms with Gasteiger partial charge in [0.25, 0.3) is 5.91 Å². The van der Waals surface area contributed by atoms with Gasteiger partial charge >= 0.3 is 17.9 Å². The Morgan fingerprint density at radius 1 is 1.00 bits per heavy atom. The number of nitrogens with zero attached hydrogens (tertiary/aromatic N) is 2. The van der Waals surface area contributed by atoms with Crippen LogP contribution in [0.15, 0.2) is 42.5 Å². The first-order valence-corrected chi connectivity index (χ1v) is 10.7. The number of aromatic carboxylic acids is 1. The van der Waals surface area contributed by atoms with E-state index in [1.54, 1.807) is 28.9 Å². The highest BCUT2D eigenvalue weighted by atomic mass is 16.5. The number of hydrogen-bond acceptors (Lipinski definition) is 6. The van der Waals surface area contributed by atoms with Crippen LogP contribution in [-0.4, -0.2) is 50.9 Å². The molecule has 10 nitrogen and oxygen atoms in total. The number of aliphatic carboxylic acids is 1. The summed E-state index contributed by atoms with van der Waals surface area (Å²) in [5.41, 5.74) is 3.95. The third-order valence-electron chi connectivity index (χ3n) is 5.56. The number of methoxy groups -OCH3 is 1. The van der Waals surface area contributed by atoms with Crippen LogP contribution in [0.2, 0.25) is 0 Å². The Hall–Kier alpha value is -4.47. The average molecular weight is 479 g/mol. The Bertz CT molecular complexity index is 1290. The van der Waals surface area contributed by atoms with Crippen molar-refractivity contribution >= 4 is 29.5 Å². The highest BCUT2D eigenvalue weighted by Gasteiger charge is 2.17. The van der Waals surface area contributed by atoms with Crippen molar-refractivity contribution in [1.29, 1.82) is 0 Å². The fraction of sp³-hybridized carbons (Fsp3) is 0.240. The lowest BCUT2D eigenvalue weighted by molar-refractivity contribution is -0.140. The Balaban J connectivity index is 1.72. The molecule has 0 atom stereocenters. The van der Waals surface area contributed by atoms with E-state index < -0.39 is 24.3 Å². The van der Waals surface area contributed by atoms with Gasteiger partial charge in [-0.3, -0.25) is 19.1 Å². The lowest BCUT2D eigenvalue weighted by Gasteiger charge is -2.10. The summed E-state index contributed by atoms with van der Waals surface area (Å²) in [6.07, 6.45) is -0.331. The topological polar surface area (TPSA) is 148 Å². The number of anilines is 1. The van der Waals surface area contributed by atoms with Gasteiger partial charge in [0.2, 0.25) is 0 Å². The van der Waals surface area contributed by atoms with Crippen LogP contribution in [0.1, 0.15) is 48.8 Å². The number of ether oxygens (including phenoxy) is 1. The fourth-order valence-corrected chi connectivity index (χ4v) is 3.69. The number of benzene rings is 2. The van der Waals surface area contributed by atoms with E-state index >= 15 is 0 Å². The standard InChI is InChI=1S/C25H25N3O7/c1-14-21(12-23(31)35-3)15(2)28(27-14)13-16-4-6-17(7-5-16)24(32)26-19-8-9-20(25(33)34)18(10-19)11-22(29)30/h4-10H,11-13H2,1-3H3,(H,26,32)(H,29,30)(H,33,34). The third kappa shape index (κ3) is 6.11. The second-order valence-corrected chi connectivity index (χ2v) is 7.96. The zero-order valence-electron chi connectivity index (χ0n) is 19.5. The molecular weight excluding hydrogens is 454 g/mol. The van der Waals surface area contributed by atoms with Crippen molar-refractivity contribution in [2.45, 2.75) is 33.2 Å².